The van der Waals surface area contributed by atoms with Crippen LogP contribution >= 0.6 is 0 Å². The van der Waals surface area contributed by atoms with E-state index in [1.54, 1.807) is 18.2 Å². The lowest BCUT2D eigenvalue weighted by Gasteiger charge is -2.21. The fraction of sp³-hybridized carbons (Fsp3) is 0.364. The van der Waals surface area contributed by atoms with Crippen molar-refractivity contribution in [2.75, 3.05) is 30.8 Å². The summed E-state index contributed by atoms with van der Waals surface area (Å²) in [6, 6.07) is 6.21. The van der Waals surface area contributed by atoms with Gasteiger partial charge >= 0.3 is 5.97 Å². The van der Waals surface area contributed by atoms with E-state index in [1.165, 1.54) is 13.2 Å². The first-order chi connectivity index (χ1) is 8.40. The second kappa shape index (κ2) is 5.83. The molecule has 0 saturated carbocycles. The molecule has 1 rings (SSSR count). The third-order valence-electron chi connectivity index (χ3n) is 2.29. The smallest absolute Gasteiger partial charge is 0.337 e. The van der Waals surface area contributed by atoms with Crippen LogP contribution < -0.4 is 10.0 Å². The maximum absolute atomic E-state index is 11.6. The van der Waals surface area contributed by atoms with Gasteiger partial charge in [0.25, 0.3) is 0 Å². The summed E-state index contributed by atoms with van der Waals surface area (Å²) in [5.74, 6) is -0.516. The van der Waals surface area contributed by atoms with Gasteiger partial charge in [-0.1, -0.05) is 6.07 Å². The average molecular weight is 272 g/mol. The number of benzene rings is 1. The van der Waals surface area contributed by atoms with Crippen molar-refractivity contribution < 1.29 is 17.9 Å². The van der Waals surface area contributed by atoms with Gasteiger partial charge in [0.1, 0.15) is 0 Å². The highest BCUT2D eigenvalue weighted by Gasteiger charge is 2.17. The van der Waals surface area contributed by atoms with E-state index < -0.39 is 16.0 Å². The van der Waals surface area contributed by atoms with Gasteiger partial charge < -0.3 is 10.5 Å². The zero-order valence-electron chi connectivity index (χ0n) is 10.3. The number of nitrogens with two attached hydrogens (primary N) is 1. The van der Waals surface area contributed by atoms with Gasteiger partial charge in [0.05, 0.1) is 24.6 Å². The maximum Gasteiger partial charge on any atom is 0.337 e. The number of anilines is 1. The van der Waals surface area contributed by atoms with Gasteiger partial charge in [-0.2, -0.15) is 0 Å². The minimum Gasteiger partial charge on any atom is -0.465 e. The number of rotatable bonds is 5. The van der Waals surface area contributed by atoms with Crippen LogP contribution in [-0.2, 0) is 14.8 Å². The van der Waals surface area contributed by atoms with Crippen molar-refractivity contribution in [2.45, 2.75) is 0 Å². The Kier molecular flexibility index (Phi) is 4.69. The van der Waals surface area contributed by atoms with Gasteiger partial charge in [-0.05, 0) is 18.2 Å². The molecule has 1 aromatic rings. The summed E-state index contributed by atoms with van der Waals surface area (Å²) in [4.78, 5) is 11.4. The lowest BCUT2D eigenvalue weighted by atomic mass is 10.2. The third-order valence-corrected chi connectivity index (χ3v) is 3.48. The van der Waals surface area contributed by atoms with Crippen LogP contribution in [0.15, 0.2) is 24.3 Å². The van der Waals surface area contributed by atoms with E-state index in [9.17, 15) is 13.2 Å². The van der Waals surface area contributed by atoms with E-state index in [2.05, 4.69) is 4.74 Å². The van der Waals surface area contributed by atoms with Crippen molar-refractivity contribution >= 4 is 21.7 Å². The topological polar surface area (TPSA) is 89.7 Å². The molecule has 0 radical (unpaired) electrons. The van der Waals surface area contributed by atoms with Crippen LogP contribution in [0.1, 0.15) is 10.4 Å². The second-order valence-electron chi connectivity index (χ2n) is 3.67. The standard InChI is InChI=1S/C11H16N2O4S/c1-17-11(14)9-4-3-5-10(8-9)13(7-6-12)18(2,15)16/h3-5,8H,6-7,12H2,1-2H3. The van der Waals surface area contributed by atoms with Crippen molar-refractivity contribution in [1.82, 2.24) is 0 Å². The van der Waals surface area contributed by atoms with Gasteiger partial charge in [-0.25, -0.2) is 13.2 Å². The molecule has 100 valence electrons. The Morgan fingerprint density at radius 2 is 2.11 bits per heavy atom. The zero-order chi connectivity index (χ0) is 13.8. The molecule has 0 aliphatic heterocycles. The third kappa shape index (κ3) is 3.44. The zero-order valence-corrected chi connectivity index (χ0v) is 11.1. The van der Waals surface area contributed by atoms with Crippen LogP contribution in [0.4, 0.5) is 5.69 Å². The number of carbonyl (C=O) groups is 1. The summed E-state index contributed by atoms with van der Waals surface area (Å²) >= 11 is 0. The summed E-state index contributed by atoms with van der Waals surface area (Å²) in [5.41, 5.74) is 6.08. The van der Waals surface area contributed by atoms with Gasteiger partial charge in [-0.3, -0.25) is 4.31 Å². The summed E-state index contributed by atoms with van der Waals surface area (Å²) < 4.78 is 29.0. The van der Waals surface area contributed by atoms with E-state index >= 15 is 0 Å². The Bertz CT molecular complexity index is 528. The molecule has 0 atom stereocenters. The Hall–Kier alpha value is -1.60. The number of methoxy groups -OCH3 is 1. The van der Waals surface area contributed by atoms with E-state index in [4.69, 9.17) is 5.73 Å². The van der Waals surface area contributed by atoms with E-state index in [1.807, 2.05) is 0 Å². The average Bonchev–Trinajstić information content (AvgIpc) is 2.33. The van der Waals surface area contributed by atoms with Crippen molar-refractivity contribution in [2.24, 2.45) is 5.73 Å². The Labute approximate surface area is 106 Å². The van der Waals surface area contributed by atoms with Crippen LogP contribution in [0.5, 0.6) is 0 Å². The summed E-state index contributed by atoms with van der Waals surface area (Å²) in [6.45, 7) is 0.346. The second-order valence-corrected chi connectivity index (χ2v) is 5.57. The number of carbonyl (C=O) groups excluding carboxylic acids is 1. The van der Waals surface area contributed by atoms with E-state index in [0.29, 0.717) is 11.3 Å². The molecule has 0 fully saturated rings. The van der Waals surface area contributed by atoms with Gasteiger partial charge in [0.2, 0.25) is 10.0 Å². The largest absolute Gasteiger partial charge is 0.465 e. The molecule has 0 amide bonds. The Morgan fingerprint density at radius 1 is 1.44 bits per heavy atom. The predicted molar refractivity (Wildman–Crippen MR) is 69.0 cm³/mol. The summed E-state index contributed by atoms with van der Waals surface area (Å²) in [5, 5.41) is 0. The summed E-state index contributed by atoms with van der Waals surface area (Å²) in [6.07, 6.45) is 1.09. The van der Waals surface area contributed by atoms with Crippen molar-refractivity contribution in [3.05, 3.63) is 29.8 Å². The quantitative estimate of drug-likeness (QED) is 0.773. The van der Waals surface area contributed by atoms with Crippen molar-refractivity contribution in [3.8, 4) is 0 Å². The number of hydrogen-bond acceptors (Lipinski definition) is 5. The maximum atomic E-state index is 11.6. The van der Waals surface area contributed by atoms with Crippen LogP contribution in [0.25, 0.3) is 0 Å². The predicted octanol–water partition coefficient (Wildman–Crippen LogP) is 0.198. The number of ether oxygens (including phenoxy) is 1. The number of hydrogen-bond donors (Lipinski definition) is 1. The highest BCUT2D eigenvalue weighted by atomic mass is 32.2. The molecule has 0 spiro atoms. The molecule has 0 saturated heterocycles. The number of sulfonamides is 1. The first-order valence-electron chi connectivity index (χ1n) is 5.26. The Balaban J connectivity index is 3.18. The number of nitrogens with zero attached hydrogens (tertiary/aromatic N) is 1. The molecule has 6 nitrogen and oxygen atoms in total. The monoisotopic (exact) mass is 272 g/mol. The van der Waals surface area contributed by atoms with Crippen LogP contribution in [0.2, 0.25) is 0 Å². The molecule has 18 heavy (non-hydrogen) atoms. The fourth-order valence-electron chi connectivity index (χ4n) is 1.51. The van der Waals surface area contributed by atoms with Gasteiger partial charge in [-0.15, -0.1) is 0 Å². The van der Waals surface area contributed by atoms with Crippen molar-refractivity contribution in [1.29, 1.82) is 0 Å². The summed E-state index contributed by atoms with van der Waals surface area (Å²) in [7, 11) is -2.16. The van der Waals surface area contributed by atoms with Gasteiger partial charge in [0.15, 0.2) is 0 Å². The molecule has 0 bridgehead atoms. The number of esters is 1. The van der Waals surface area contributed by atoms with E-state index in [-0.39, 0.29) is 13.1 Å². The van der Waals surface area contributed by atoms with Gasteiger partial charge in [0, 0.05) is 13.1 Å². The molecule has 0 aliphatic carbocycles. The van der Waals surface area contributed by atoms with E-state index in [0.717, 1.165) is 10.6 Å². The molecule has 0 unspecified atom stereocenters. The molecule has 0 heterocycles. The van der Waals surface area contributed by atoms with Crippen molar-refractivity contribution in [3.63, 3.8) is 0 Å². The molecule has 2 N–H and O–H groups in total. The lowest BCUT2D eigenvalue weighted by molar-refractivity contribution is 0.0600. The SMILES string of the molecule is COC(=O)c1cccc(N(CCN)S(C)(=O)=O)c1. The molecule has 0 aromatic heterocycles. The normalized spacial score (nSPS) is 11.1. The molecular formula is C11H16N2O4S. The molecule has 1 aromatic carbocycles. The Morgan fingerprint density at radius 3 is 2.61 bits per heavy atom. The molecular weight excluding hydrogens is 256 g/mol. The highest BCUT2D eigenvalue weighted by molar-refractivity contribution is 7.92. The minimum absolute atomic E-state index is 0.156. The van der Waals surface area contributed by atoms with Crippen LogP contribution in [0, 0.1) is 0 Å². The lowest BCUT2D eigenvalue weighted by Crippen LogP contribution is -2.34. The van der Waals surface area contributed by atoms with Crippen LogP contribution in [-0.4, -0.2) is 40.8 Å². The first kappa shape index (κ1) is 14.5. The first-order valence-corrected chi connectivity index (χ1v) is 7.11. The molecule has 0 aliphatic rings. The molecule has 7 heteroatoms. The van der Waals surface area contributed by atoms with Crippen LogP contribution in [0.3, 0.4) is 0 Å². The highest BCUT2D eigenvalue weighted by Crippen LogP contribution is 2.19. The fourth-order valence-corrected chi connectivity index (χ4v) is 2.44. The minimum atomic E-state index is -3.43.